The van der Waals surface area contributed by atoms with Crippen molar-refractivity contribution < 1.29 is 19.0 Å². The molecule has 1 aromatic heterocycles. The standard InChI is InChI=1S/C23H14FNO3/c24-16-11-12-18-17(13-16)19-20(21(26)14-7-3-1-4-8-14)22(27-28-23(19)25-18)15-9-5-2-6-10-15/h1-13,25H. The van der Waals surface area contributed by atoms with Crippen LogP contribution in [0.15, 0.2) is 78.9 Å². The number of hydrogen-bond acceptors (Lipinski definition) is 3. The summed E-state index contributed by atoms with van der Waals surface area (Å²) in [7, 11) is 0. The molecule has 1 N–H and O–H groups in total. The summed E-state index contributed by atoms with van der Waals surface area (Å²) < 4.78 is 14.0. The van der Waals surface area contributed by atoms with Crippen LogP contribution in [-0.2, 0) is 4.89 Å². The Kier molecular flexibility index (Phi) is 3.72. The van der Waals surface area contributed by atoms with Gasteiger partial charge in [-0.25, -0.2) is 4.39 Å². The van der Waals surface area contributed by atoms with Crippen molar-refractivity contribution in [3.8, 4) is 5.88 Å². The SMILES string of the molecule is O=C(C1=C(c2ccccc2)OOc2[nH]c3ccc(F)cc3c21)c1ccccc1. The summed E-state index contributed by atoms with van der Waals surface area (Å²) in [5.41, 5.74) is 2.68. The highest BCUT2D eigenvalue weighted by atomic mass is 19.1. The average Bonchev–Trinajstić information content (AvgIpc) is 3.11. The second-order valence-electron chi connectivity index (χ2n) is 6.45. The van der Waals surface area contributed by atoms with Crippen LogP contribution in [0.2, 0.25) is 0 Å². The minimum absolute atomic E-state index is 0.228. The topological polar surface area (TPSA) is 51.3 Å². The largest absolute Gasteiger partial charge is 0.321 e. The molecule has 0 saturated heterocycles. The van der Waals surface area contributed by atoms with E-state index in [1.165, 1.54) is 12.1 Å². The van der Waals surface area contributed by atoms with E-state index in [4.69, 9.17) is 9.78 Å². The van der Waals surface area contributed by atoms with Gasteiger partial charge in [0.2, 0.25) is 0 Å². The van der Waals surface area contributed by atoms with Crippen molar-refractivity contribution in [1.82, 2.24) is 4.98 Å². The molecule has 4 aromatic rings. The summed E-state index contributed by atoms with van der Waals surface area (Å²) in [6.45, 7) is 0. The van der Waals surface area contributed by atoms with Crippen molar-refractivity contribution in [3.63, 3.8) is 0 Å². The molecule has 0 fully saturated rings. The monoisotopic (exact) mass is 371 g/mol. The number of ketones is 1. The molecule has 2 heterocycles. The fraction of sp³-hybridized carbons (Fsp3) is 0. The minimum Gasteiger partial charge on any atom is -0.321 e. The number of aromatic nitrogens is 1. The van der Waals surface area contributed by atoms with E-state index in [0.717, 1.165) is 0 Å². The third-order valence-electron chi connectivity index (χ3n) is 4.71. The second-order valence-corrected chi connectivity index (χ2v) is 6.45. The Bertz CT molecular complexity index is 1230. The van der Waals surface area contributed by atoms with Gasteiger partial charge in [-0.1, -0.05) is 60.7 Å². The Morgan fingerprint density at radius 2 is 1.57 bits per heavy atom. The first-order chi connectivity index (χ1) is 13.7. The molecule has 0 aliphatic carbocycles. The summed E-state index contributed by atoms with van der Waals surface area (Å²) in [6.07, 6.45) is 0. The molecule has 0 amide bonds. The zero-order valence-electron chi connectivity index (χ0n) is 14.6. The van der Waals surface area contributed by atoms with Gasteiger partial charge in [0.05, 0.1) is 11.1 Å². The van der Waals surface area contributed by atoms with E-state index in [1.807, 2.05) is 36.4 Å². The van der Waals surface area contributed by atoms with Crippen molar-refractivity contribution >= 4 is 28.0 Å². The molecule has 28 heavy (non-hydrogen) atoms. The number of rotatable bonds is 3. The molecule has 0 atom stereocenters. The highest BCUT2D eigenvalue weighted by Crippen LogP contribution is 2.43. The molecular formula is C23H14FNO3. The number of halogens is 1. The minimum atomic E-state index is -0.395. The molecule has 0 bridgehead atoms. The summed E-state index contributed by atoms with van der Waals surface area (Å²) >= 11 is 0. The number of allylic oxidation sites excluding steroid dienone is 1. The van der Waals surface area contributed by atoms with Crippen molar-refractivity contribution in [2.24, 2.45) is 0 Å². The number of nitrogens with one attached hydrogen (secondary N) is 1. The lowest BCUT2D eigenvalue weighted by Crippen LogP contribution is -2.14. The average molecular weight is 371 g/mol. The smallest absolute Gasteiger partial charge is 0.257 e. The number of carbonyl (C=O) groups is 1. The molecule has 0 saturated carbocycles. The molecule has 1 aliphatic rings. The zero-order chi connectivity index (χ0) is 19.1. The molecule has 0 spiro atoms. The van der Waals surface area contributed by atoms with Crippen LogP contribution in [0.5, 0.6) is 5.88 Å². The van der Waals surface area contributed by atoms with Gasteiger partial charge in [0.1, 0.15) is 5.82 Å². The van der Waals surface area contributed by atoms with Crippen LogP contribution < -0.4 is 4.89 Å². The second kappa shape index (κ2) is 6.39. The first-order valence-electron chi connectivity index (χ1n) is 8.78. The number of aromatic amines is 1. The van der Waals surface area contributed by atoms with Gasteiger partial charge in [-0.3, -0.25) is 14.6 Å². The van der Waals surface area contributed by atoms with Gasteiger partial charge in [0, 0.05) is 22.0 Å². The Morgan fingerprint density at radius 1 is 0.857 bits per heavy atom. The van der Waals surface area contributed by atoms with Gasteiger partial charge in [0.15, 0.2) is 11.5 Å². The number of carbonyl (C=O) groups excluding carboxylic acids is 1. The maximum Gasteiger partial charge on any atom is 0.257 e. The van der Waals surface area contributed by atoms with Gasteiger partial charge in [-0.2, -0.15) is 0 Å². The number of H-pyrrole nitrogens is 1. The van der Waals surface area contributed by atoms with E-state index in [1.54, 1.807) is 30.3 Å². The van der Waals surface area contributed by atoms with Crippen LogP contribution in [0.1, 0.15) is 21.5 Å². The summed E-state index contributed by atoms with van der Waals surface area (Å²) in [4.78, 5) is 27.5. The predicted octanol–water partition coefficient (Wildman–Crippen LogP) is 5.38. The van der Waals surface area contributed by atoms with E-state index in [2.05, 4.69) is 4.98 Å². The van der Waals surface area contributed by atoms with Crippen molar-refractivity contribution in [2.75, 3.05) is 0 Å². The van der Waals surface area contributed by atoms with E-state index < -0.39 is 5.82 Å². The Balaban J connectivity index is 1.83. The number of Topliss-reactive ketones (excluding diaryl/α,β-unsaturated/α-hetero) is 1. The van der Waals surface area contributed by atoms with Gasteiger partial charge < -0.3 is 4.98 Å². The maximum absolute atomic E-state index is 14.0. The molecule has 1 aliphatic heterocycles. The first kappa shape index (κ1) is 16.3. The van der Waals surface area contributed by atoms with Crippen molar-refractivity contribution in [3.05, 3.63) is 101 Å². The third kappa shape index (κ3) is 2.56. The van der Waals surface area contributed by atoms with E-state index in [-0.39, 0.29) is 11.7 Å². The van der Waals surface area contributed by atoms with Gasteiger partial charge >= 0.3 is 0 Å². The fourth-order valence-electron chi connectivity index (χ4n) is 3.42. The van der Waals surface area contributed by atoms with Crippen LogP contribution in [-0.4, -0.2) is 10.8 Å². The lowest BCUT2D eigenvalue weighted by atomic mass is 9.92. The molecule has 0 unspecified atom stereocenters. The van der Waals surface area contributed by atoms with E-state index in [9.17, 15) is 9.18 Å². The third-order valence-corrected chi connectivity index (χ3v) is 4.71. The summed E-state index contributed by atoms with van der Waals surface area (Å²) in [6, 6.07) is 22.5. The normalized spacial score (nSPS) is 13.0. The van der Waals surface area contributed by atoms with Crippen LogP contribution in [0, 0.1) is 5.82 Å². The van der Waals surface area contributed by atoms with Gasteiger partial charge in [-0.15, -0.1) is 0 Å². The van der Waals surface area contributed by atoms with Crippen LogP contribution >= 0.6 is 0 Å². The zero-order valence-corrected chi connectivity index (χ0v) is 14.6. The molecular weight excluding hydrogens is 357 g/mol. The summed E-state index contributed by atoms with van der Waals surface area (Å²) in [5.74, 6) is -0.0468. The molecule has 5 heteroatoms. The Hall–Kier alpha value is -3.86. The lowest BCUT2D eigenvalue weighted by molar-refractivity contribution is -0.138. The van der Waals surface area contributed by atoms with Crippen LogP contribution in [0.25, 0.3) is 22.2 Å². The first-order valence-corrected chi connectivity index (χ1v) is 8.78. The fourth-order valence-corrected chi connectivity index (χ4v) is 3.42. The number of benzene rings is 3. The molecule has 4 nitrogen and oxygen atoms in total. The summed E-state index contributed by atoms with van der Waals surface area (Å²) in [5, 5.41) is 0.561. The van der Waals surface area contributed by atoms with Crippen molar-refractivity contribution in [2.45, 2.75) is 0 Å². The van der Waals surface area contributed by atoms with Crippen molar-refractivity contribution in [1.29, 1.82) is 0 Å². The molecule has 5 rings (SSSR count). The number of fused-ring (bicyclic) bond motifs is 3. The van der Waals surface area contributed by atoms with Crippen LogP contribution in [0.4, 0.5) is 4.39 Å². The Labute approximate surface area is 159 Å². The van der Waals surface area contributed by atoms with Gasteiger partial charge in [0.25, 0.3) is 5.88 Å². The van der Waals surface area contributed by atoms with E-state index >= 15 is 0 Å². The quantitative estimate of drug-likeness (QED) is 0.388. The predicted molar refractivity (Wildman–Crippen MR) is 104 cm³/mol. The highest BCUT2D eigenvalue weighted by molar-refractivity contribution is 6.36. The van der Waals surface area contributed by atoms with E-state index in [0.29, 0.717) is 38.9 Å². The lowest BCUT2D eigenvalue weighted by Gasteiger charge is -2.20. The van der Waals surface area contributed by atoms with Gasteiger partial charge in [-0.05, 0) is 18.2 Å². The molecule has 3 aromatic carbocycles. The van der Waals surface area contributed by atoms with Crippen LogP contribution in [0.3, 0.4) is 0 Å². The molecule has 0 radical (unpaired) electrons. The number of hydrogen-bond donors (Lipinski definition) is 1. The highest BCUT2D eigenvalue weighted by Gasteiger charge is 2.33. The maximum atomic E-state index is 14.0. The Morgan fingerprint density at radius 3 is 2.32 bits per heavy atom. The molecule has 136 valence electrons.